The second-order valence-electron chi connectivity index (χ2n) is 6.62. The molecule has 0 fully saturated rings. The van der Waals surface area contributed by atoms with Crippen LogP contribution < -0.4 is 21.4 Å². The average Bonchev–Trinajstić information content (AvgIpc) is 3.24. The third kappa shape index (κ3) is 4.30. The van der Waals surface area contributed by atoms with Crippen molar-refractivity contribution in [2.45, 2.75) is 6.18 Å². The SMILES string of the molecule is CS(=O)(=O)N(C(=O)c1cccs1)c1cc(-c2c(C(F)(F)F)n(N)c(=O)[nH]c2=O)c(F)cc1C#N. The number of thiophene rings is 1. The fourth-order valence-corrected chi connectivity index (χ4v) is 4.65. The number of carbonyl (C=O) groups is 1. The smallest absolute Gasteiger partial charge is 0.335 e. The third-order valence-electron chi connectivity index (χ3n) is 4.35. The summed E-state index contributed by atoms with van der Waals surface area (Å²) >= 11 is 0.828. The number of alkyl halides is 3. The lowest BCUT2D eigenvalue weighted by Crippen LogP contribution is -2.41. The number of rotatable bonds is 4. The molecule has 0 radical (unpaired) electrons. The predicted octanol–water partition coefficient (Wildman–Crippen LogP) is 1.61. The number of sulfonamides is 1. The first kappa shape index (κ1) is 24.7. The Balaban J connectivity index is 2.46. The summed E-state index contributed by atoms with van der Waals surface area (Å²) in [5, 5.41) is 10.8. The lowest BCUT2D eigenvalue weighted by molar-refractivity contribution is -0.143. The van der Waals surface area contributed by atoms with Gasteiger partial charge < -0.3 is 5.84 Å². The predicted molar refractivity (Wildman–Crippen MR) is 113 cm³/mol. The molecule has 0 atom stereocenters. The van der Waals surface area contributed by atoms with E-state index in [1.807, 2.05) is 0 Å². The van der Waals surface area contributed by atoms with E-state index in [1.165, 1.54) is 28.6 Å². The van der Waals surface area contributed by atoms with Gasteiger partial charge >= 0.3 is 11.9 Å². The van der Waals surface area contributed by atoms with Crippen LogP contribution in [-0.4, -0.2) is 30.2 Å². The molecule has 3 aromatic rings. The normalized spacial score (nSPS) is 11.8. The first-order chi connectivity index (χ1) is 15.7. The van der Waals surface area contributed by atoms with E-state index >= 15 is 0 Å². The van der Waals surface area contributed by atoms with Gasteiger partial charge in [0.1, 0.15) is 11.9 Å². The van der Waals surface area contributed by atoms with Gasteiger partial charge in [0.15, 0.2) is 5.69 Å². The van der Waals surface area contributed by atoms with E-state index in [0.717, 1.165) is 11.3 Å². The van der Waals surface area contributed by atoms with Crippen LogP contribution in [0.15, 0.2) is 39.2 Å². The summed E-state index contributed by atoms with van der Waals surface area (Å²) in [6.07, 6.45) is -4.85. The van der Waals surface area contributed by atoms with Gasteiger partial charge in [-0.05, 0) is 23.6 Å². The Kier molecular flexibility index (Phi) is 6.11. The van der Waals surface area contributed by atoms with Gasteiger partial charge in [0.2, 0.25) is 10.0 Å². The molecule has 0 aliphatic rings. The first-order valence-electron chi connectivity index (χ1n) is 8.72. The number of H-pyrrole nitrogens is 1. The van der Waals surface area contributed by atoms with Crippen molar-refractivity contribution in [3.63, 3.8) is 0 Å². The molecule has 16 heteroatoms. The van der Waals surface area contributed by atoms with Crippen molar-refractivity contribution >= 4 is 33.0 Å². The number of nitrogens with one attached hydrogen (secondary N) is 1. The number of hydrogen-bond donors (Lipinski definition) is 2. The van der Waals surface area contributed by atoms with Crippen molar-refractivity contribution in [2.75, 3.05) is 16.4 Å². The van der Waals surface area contributed by atoms with Crippen molar-refractivity contribution in [1.82, 2.24) is 9.66 Å². The Morgan fingerprint density at radius 1 is 1.29 bits per heavy atom. The van der Waals surface area contributed by atoms with E-state index < -0.39 is 71.9 Å². The van der Waals surface area contributed by atoms with Gasteiger partial charge in [0.05, 0.1) is 27.9 Å². The van der Waals surface area contributed by atoms with Crippen LogP contribution in [0, 0.1) is 17.1 Å². The molecule has 3 N–H and O–H groups in total. The van der Waals surface area contributed by atoms with Crippen LogP contribution in [0.4, 0.5) is 23.2 Å². The molecule has 0 unspecified atom stereocenters. The van der Waals surface area contributed by atoms with Crippen LogP contribution in [0.1, 0.15) is 20.9 Å². The molecular weight excluding hydrogens is 506 g/mol. The zero-order valence-electron chi connectivity index (χ0n) is 16.7. The van der Waals surface area contributed by atoms with Gasteiger partial charge in [-0.25, -0.2) is 26.6 Å². The molecule has 0 saturated carbocycles. The highest BCUT2D eigenvalue weighted by molar-refractivity contribution is 7.92. The fraction of sp³-hybridized carbons (Fsp3) is 0.111. The molecule has 0 bridgehead atoms. The molecule has 1 aromatic carbocycles. The number of nitrogen functional groups attached to an aromatic ring is 1. The molecule has 0 saturated heterocycles. The summed E-state index contributed by atoms with van der Waals surface area (Å²) in [5.41, 5.74) is -9.55. The maximum Gasteiger partial charge on any atom is 0.434 e. The van der Waals surface area contributed by atoms with Gasteiger partial charge in [-0.2, -0.15) is 18.4 Å². The zero-order valence-corrected chi connectivity index (χ0v) is 18.3. The second kappa shape index (κ2) is 8.43. The van der Waals surface area contributed by atoms with E-state index in [1.54, 1.807) is 0 Å². The minimum Gasteiger partial charge on any atom is -0.335 e. The van der Waals surface area contributed by atoms with E-state index in [-0.39, 0.29) is 9.18 Å². The first-order valence-corrected chi connectivity index (χ1v) is 11.4. The molecule has 0 aliphatic heterocycles. The number of aromatic amines is 1. The summed E-state index contributed by atoms with van der Waals surface area (Å²) in [6.45, 7) is 0. The van der Waals surface area contributed by atoms with E-state index in [4.69, 9.17) is 5.84 Å². The maximum atomic E-state index is 14.9. The molecular formula is C18H11F4N5O5S2. The van der Waals surface area contributed by atoms with E-state index in [9.17, 15) is 45.6 Å². The molecule has 34 heavy (non-hydrogen) atoms. The average molecular weight is 517 g/mol. The topological polar surface area (TPSA) is 159 Å². The number of anilines is 1. The summed E-state index contributed by atoms with van der Waals surface area (Å²) in [4.78, 5) is 38.2. The lowest BCUT2D eigenvalue weighted by atomic mass is 10.0. The van der Waals surface area contributed by atoms with Crippen LogP contribution in [-0.2, 0) is 16.2 Å². The standard InChI is InChI=1S/C18H11F4N5O5S2/c1-34(31,32)27(16(29)12-3-2-4-33-12)11-6-9(10(19)5-8(11)7-23)13-14(18(20,21)22)26(24)17(30)25-15(13)28/h2-6H,24H2,1H3,(H,25,28,30). The highest BCUT2D eigenvalue weighted by Gasteiger charge is 2.40. The Morgan fingerprint density at radius 3 is 2.44 bits per heavy atom. The third-order valence-corrected chi connectivity index (χ3v) is 6.24. The zero-order chi connectivity index (χ0) is 25.6. The molecule has 2 heterocycles. The lowest BCUT2D eigenvalue weighted by Gasteiger charge is -2.22. The Hall–Kier alpha value is -3.97. The van der Waals surface area contributed by atoms with E-state index in [0.29, 0.717) is 18.4 Å². The minimum absolute atomic E-state index is 0.0975. The van der Waals surface area contributed by atoms with Crippen molar-refractivity contribution in [3.05, 3.63) is 72.4 Å². The van der Waals surface area contributed by atoms with Crippen LogP contribution in [0.25, 0.3) is 11.1 Å². The number of nitriles is 1. The van der Waals surface area contributed by atoms with Crippen LogP contribution >= 0.6 is 11.3 Å². The Morgan fingerprint density at radius 2 is 1.94 bits per heavy atom. The van der Waals surface area contributed by atoms with Crippen molar-refractivity contribution in [1.29, 1.82) is 5.26 Å². The molecule has 3 rings (SSSR count). The maximum absolute atomic E-state index is 14.9. The van der Waals surface area contributed by atoms with Gasteiger partial charge in [-0.3, -0.25) is 14.6 Å². The Labute approximate surface area is 191 Å². The second-order valence-corrected chi connectivity index (χ2v) is 9.40. The molecule has 178 valence electrons. The largest absolute Gasteiger partial charge is 0.434 e. The van der Waals surface area contributed by atoms with Gasteiger partial charge in [-0.15, -0.1) is 11.3 Å². The number of nitrogens with zero attached hydrogens (tertiary/aromatic N) is 3. The summed E-state index contributed by atoms with van der Waals surface area (Å²) in [5.74, 6) is 2.41. The molecule has 0 aliphatic carbocycles. The monoisotopic (exact) mass is 517 g/mol. The molecule has 10 nitrogen and oxygen atoms in total. The summed E-state index contributed by atoms with van der Waals surface area (Å²) in [6, 6.07) is 4.91. The van der Waals surface area contributed by atoms with E-state index in [2.05, 4.69) is 0 Å². The van der Waals surface area contributed by atoms with Crippen molar-refractivity contribution in [2.24, 2.45) is 0 Å². The summed E-state index contributed by atoms with van der Waals surface area (Å²) < 4.78 is 80.4. The highest BCUT2D eigenvalue weighted by atomic mass is 32.2. The number of benzene rings is 1. The molecule has 0 spiro atoms. The minimum atomic E-state index is -5.43. The molecule has 2 aromatic heterocycles. The number of aromatic nitrogens is 2. The van der Waals surface area contributed by atoms with Crippen LogP contribution in [0.5, 0.6) is 0 Å². The molecule has 1 amide bonds. The quantitative estimate of drug-likeness (QED) is 0.393. The number of nitrogens with two attached hydrogens (primary N) is 1. The van der Waals surface area contributed by atoms with Crippen molar-refractivity contribution in [3.8, 4) is 17.2 Å². The van der Waals surface area contributed by atoms with Gasteiger partial charge in [0.25, 0.3) is 11.5 Å². The fourth-order valence-electron chi connectivity index (χ4n) is 3.03. The van der Waals surface area contributed by atoms with Crippen LogP contribution in [0.3, 0.4) is 0 Å². The number of hydrogen-bond acceptors (Lipinski definition) is 8. The number of halogens is 4. The number of amides is 1. The highest BCUT2D eigenvalue weighted by Crippen LogP contribution is 2.38. The Bertz CT molecular complexity index is 1570. The van der Waals surface area contributed by atoms with Crippen molar-refractivity contribution < 1.29 is 30.8 Å². The van der Waals surface area contributed by atoms with Crippen LogP contribution in [0.2, 0.25) is 0 Å². The van der Waals surface area contributed by atoms with Gasteiger partial charge in [0, 0.05) is 5.56 Å². The van der Waals surface area contributed by atoms with Gasteiger partial charge in [-0.1, -0.05) is 6.07 Å². The summed E-state index contributed by atoms with van der Waals surface area (Å²) in [7, 11) is -4.52. The number of carbonyl (C=O) groups excluding carboxylic acids is 1.